The van der Waals surface area contributed by atoms with Crippen LogP contribution in [0.2, 0.25) is 0 Å². The maximum Gasteiger partial charge on any atom is 0.157 e. The van der Waals surface area contributed by atoms with Crippen molar-refractivity contribution in [2.45, 2.75) is 11.9 Å². The third kappa shape index (κ3) is 4.58. The molecule has 2 aromatic carbocycles. The van der Waals surface area contributed by atoms with Gasteiger partial charge in [0, 0.05) is 0 Å². The summed E-state index contributed by atoms with van der Waals surface area (Å²) in [5, 5.41) is 10.0. The number of methoxy groups -OCH3 is 1. The molecule has 0 aromatic heterocycles. The molecule has 0 aliphatic carbocycles. The summed E-state index contributed by atoms with van der Waals surface area (Å²) in [5.74, 6) is 0.296. The van der Waals surface area contributed by atoms with Gasteiger partial charge in [-0.2, -0.15) is 0 Å². The number of rotatable bonds is 6. The zero-order chi connectivity index (χ0) is 15.3. The van der Waals surface area contributed by atoms with E-state index in [1.165, 1.54) is 0 Å². The molecule has 0 radical (unpaired) electrons. The van der Waals surface area contributed by atoms with Gasteiger partial charge in [-0.15, -0.1) is 0 Å². The van der Waals surface area contributed by atoms with E-state index >= 15 is 0 Å². The van der Waals surface area contributed by atoms with E-state index in [0.717, 1.165) is 0 Å². The summed E-state index contributed by atoms with van der Waals surface area (Å²) in [7, 11) is -1.83. The van der Waals surface area contributed by atoms with Gasteiger partial charge >= 0.3 is 0 Å². The van der Waals surface area contributed by atoms with Crippen molar-refractivity contribution in [1.29, 1.82) is 0 Å². The Morgan fingerprint density at radius 2 is 1.67 bits per heavy atom. The van der Waals surface area contributed by atoms with Crippen molar-refractivity contribution in [3.63, 3.8) is 0 Å². The number of ether oxygens (including phenoxy) is 1. The third-order valence-electron chi connectivity index (χ3n) is 3.14. The highest BCUT2D eigenvalue weighted by atomic mass is 32.2. The SMILES string of the molecule is COc1ccc(CS(=O)(=O)CC(O)c2ccccc2)cc1. The van der Waals surface area contributed by atoms with Gasteiger partial charge in [0.05, 0.1) is 24.7 Å². The average Bonchev–Trinajstić information content (AvgIpc) is 2.48. The molecule has 2 aromatic rings. The summed E-state index contributed by atoms with van der Waals surface area (Å²) in [5.41, 5.74) is 1.28. The standard InChI is InChI=1S/C16H18O4S/c1-20-15-9-7-13(8-10-15)11-21(18,19)12-16(17)14-5-3-2-4-6-14/h2-10,16-17H,11-12H2,1H3. The zero-order valence-electron chi connectivity index (χ0n) is 11.8. The van der Waals surface area contributed by atoms with Crippen molar-refractivity contribution in [2.24, 2.45) is 0 Å². The number of sulfone groups is 1. The average molecular weight is 306 g/mol. The molecule has 112 valence electrons. The van der Waals surface area contributed by atoms with Crippen LogP contribution in [0.5, 0.6) is 5.75 Å². The molecule has 0 heterocycles. The number of aliphatic hydroxyl groups is 1. The molecule has 2 rings (SSSR count). The van der Waals surface area contributed by atoms with Crippen molar-refractivity contribution in [1.82, 2.24) is 0 Å². The van der Waals surface area contributed by atoms with Gasteiger partial charge in [-0.1, -0.05) is 42.5 Å². The summed E-state index contributed by atoms with van der Waals surface area (Å²) in [6.45, 7) is 0. The highest BCUT2D eigenvalue weighted by Gasteiger charge is 2.19. The number of aliphatic hydroxyl groups excluding tert-OH is 1. The minimum absolute atomic E-state index is 0.0963. The Labute approximate surface area is 124 Å². The first-order valence-electron chi connectivity index (χ1n) is 6.56. The van der Waals surface area contributed by atoms with Crippen LogP contribution in [0, 0.1) is 0 Å². The molecule has 4 nitrogen and oxygen atoms in total. The molecule has 0 spiro atoms. The van der Waals surface area contributed by atoms with Gasteiger partial charge in [0.15, 0.2) is 9.84 Å². The van der Waals surface area contributed by atoms with E-state index in [1.54, 1.807) is 55.6 Å². The van der Waals surface area contributed by atoms with Crippen LogP contribution in [0.3, 0.4) is 0 Å². The van der Waals surface area contributed by atoms with Crippen LogP contribution in [0.15, 0.2) is 54.6 Å². The Balaban J connectivity index is 2.04. The zero-order valence-corrected chi connectivity index (χ0v) is 12.6. The van der Waals surface area contributed by atoms with E-state index in [0.29, 0.717) is 16.9 Å². The van der Waals surface area contributed by atoms with Crippen molar-refractivity contribution in [2.75, 3.05) is 12.9 Å². The van der Waals surface area contributed by atoms with E-state index < -0.39 is 15.9 Å². The molecule has 0 fully saturated rings. The highest BCUT2D eigenvalue weighted by Crippen LogP contribution is 2.18. The lowest BCUT2D eigenvalue weighted by Crippen LogP contribution is -2.16. The Bertz CT molecular complexity index is 663. The second kappa shape index (κ2) is 6.74. The summed E-state index contributed by atoms with van der Waals surface area (Å²) in [4.78, 5) is 0. The first-order chi connectivity index (χ1) is 10.00. The van der Waals surface area contributed by atoms with Gasteiger partial charge in [-0.25, -0.2) is 8.42 Å². The molecule has 1 atom stereocenters. The summed E-state index contributed by atoms with van der Waals surface area (Å²) < 4.78 is 29.3. The predicted octanol–water partition coefficient (Wildman–Crippen LogP) is 2.34. The molecule has 0 amide bonds. The molecule has 21 heavy (non-hydrogen) atoms. The Kier molecular flexibility index (Phi) is 4.98. The van der Waals surface area contributed by atoms with Crippen LogP contribution in [0.4, 0.5) is 0 Å². The Morgan fingerprint density at radius 1 is 1.05 bits per heavy atom. The van der Waals surface area contributed by atoms with Crippen LogP contribution < -0.4 is 4.74 Å². The quantitative estimate of drug-likeness (QED) is 0.890. The molecular formula is C16H18O4S. The van der Waals surface area contributed by atoms with Gasteiger partial charge in [-0.3, -0.25) is 0 Å². The van der Waals surface area contributed by atoms with Gasteiger partial charge in [0.2, 0.25) is 0 Å². The van der Waals surface area contributed by atoms with Gasteiger partial charge in [0.25, 0.3) is 0 Å². The molecule has 1 N–H and O–H groups in total. The maximum atomic E-state index is 12.1. The molecule has 0 bridgehead atoms. The number of benzene rings is 2. The fourth-order valence-corrected chi connectivity index (χ4v) is 3.54. The topological polar surface area (TPSA) is 63.6 Å². The van der Waals surface area contributed by atoms with Gasteiger partial charge in [0.1, 0.15) is 5.75 Å². The third-order valence-corrected chi connectivity index (χ3v) is 4.74. The predicted molar refractivity (Wildman–Crippen MR) is 81.9 cm³/mol. The van der Waals surface area contributed by atoms with Crippen LogP contribution in [0.25, 0.3) is 0 Å². The Morgan fingerprint density at radius 3 is 2.24 bits per heavy atom. The molecule has 0 saturated carbocycles. The first kappa shape index (κ1) is 15.5. The van der Waals surface area contributed by atoms with Crippen molar-refractivity contribution >= 4 is 9.84 Å². The Hall–Kier alpha value is -1.85. The van der Waals surface area contributed by atoms with Crippen LogP contribution >= 0.6 is 0 Å². The molecule has 5 heteroatoms. The molecule has 0 saturated heterocycles. The van der Waals surface area contributed by atoms with Crippen molar-refractivity contribution in [3.05, 3.63) is 65.7 Å². The normalized spacial score (nSPS) is 12.9. The molecule has 1 unspecified atom stereocenters. The van der Waals surface area contributed by atoms with E-state index in [-0.39, 0.29) is 11.5 Å². The molecule has 0 aliphatic rings. The minimum atomic E-state index is -3.39. The maximum absolute atomic E-state index is 12.1. The summed E-state index contributed by atoms with van der Waals surface area (Å²) in [6, 6.07) is 15.7. The van der Waals surface area contributed by atoms with E-state index in [9.17, 15) is 13.5 Å². The summed E-state index contributed by atoms with van der Waals surface area (Å²) >= 11 is 0. The lowest BCUT2D eigenvalue weighted by atomic mass is 10.1. The van der Waals surface area contributed by atoms with Crippen LogP contribution in [0.1, 0.15) is 17.2 Å². The second-order valence-corrected chi connectivity index (χ2v) is 6.94. The van der Waals surface area contributed by atoms with E-state index in [2.05, 4.69) is 0 Å². The number of hydrogen-bond donors (Lipinski definition) is 1. The highest BCUT2D eigenvalue weighted by molar-refractivity contribution is 7.90. The van der Waals surface area contributed by atoms with E-state index in [4.69, 9.17) is 4.74 Å². The fourth-order valence-electron chi connectivity index (χ4n) is 2.05. The van der Waals surface area contributed by atoms with Gasteiger partial charge < -0.3 is 9.84 Å². The van der Waals surface area contributed by atoms with Gasteiger partial charge in [-0.05, 0) is 23.3 Å². The fraction of sp³-hybridized carbons (Fsp3) is 0.250. The smallest absolute Gasteiger partial charge is 0.157 e. The largest absolute Gasteiger partial charge is 0.497 e. The lowest BCUT2D eigenvalue weighted by Gasteiger charge is -2.12. The second-order valence-electron chi connectivity index (χ2n) is 4.83. The monoisotopic (exact) mass is 306 g/mol. The number of hydrogen-bond acceptors (Lipinski definition) is 4. The van der Waals surface area contributed by atoms with Crippen molar-refractivity contribution < 1.29 is 18.3 Å². The van der Waals surface area contributed by atoms with Crippen LogP contribution in [-0.2, 0) is 15.6 Å². The summed E-state index contributed by atoms with van der Waals surface area (Å²) in [6.07, 6.45) is -1.01. The first-order valence-corrected chi connectivity index (χ1v) is 8.39. The molecule has 0 aliphatic heterocycles. The van der Waals surface area contributed by atoms with Crippen LogP contribution in [-0.4, -0.2) is 26.4 Å². The minimum Gasteiger partial charge on any atom is -0.497 e. The van der Waals surface area contributed by atoms with Crippen molar-refractivity contribution in [3.8, 4) is 5.75 Å². The molecular weight excluding hydrogens is 288 g/mol. The lowest BCUT2D eigenvalue weighted by molar-refractivity contribution is 0.201. The van der Waals surface area contributed by atoms with E-state index in [1.807, 2.05) is 6.07 Å².